The normalized spacial score (nSPS) is 10.4. The van der Waals surface area contributed by atoms with Gasteiger partial charge in [-0.25, -0.2) is 4.68 Å². The SMILES string of the molecule is C=CCn1ncc(NCCCn2ccnn2)c(Cl)c1=O. The van der Waals surface area contributed by atoms with Crippen LogP contribution in [0.2, 0.25) is 5.02 Å². The molecule has 0 saturated heterocycles. The van der Waals surface area contributed by atoms with Crippen molar-refractivity contribution in [2.24, 2.45) is 0 Å². The molecule has 0 radical (unpaired) electrons. The number of halogens is 1. The smallest absolute Gasteiger partial charge is 0.287 e. The maximum absolute atomic E-state index is 11.9. The number of aromatic nitrogens is 5. The Labute approximate surface area is 120 Å². The maximum atomic E-state index is 11.9. The quantitative estimate of drug-likeness (QED) is 0.613. The molecule has 0 unspecified atom stereocenters. The van der Waals surface area contributed by atoms with E-state index in [-0.39, 0.29) is 10.6 Å². The van der Waals surface area contributed by atoms with Gasteiger partial charge in [0.2, 0.25) is 0 Å². The third-order valence-electron chi connectivity index (χ3n) is 2.64. The van der Waals surface area contributed by atoms with Crippen LogP contribution in [-0.4, -0.2) is 31.3 Å². The fourth-order valence-electron chi connectivity index (χ4n) is 1.66. The zero-order valence-electron chi connectivity index (χ0n) is 10.9. The van der Waals surface area contributed by atoms with Crippen molar-refractivity contribution in [2.45, 2.75) is 19.5 Å². The van der Waals surface area contributed by atoms with Crippen LogP contribution in [-0.2, 0) is 13.1 Å². The Bertz CT molecular complexity index is 621. The average Bonchev–Trinajstić information content (AvgIpc) is 2.95. The second kappa shape index (κ2) is 6.85. The van der Waals surface area contributed by atoms with Crippen molar-refractivity contribution >= 4 is 17.3 Å². The first-order valence-corrected chi connectivity index (χ1v) is 6.54. The Kier molecular flexibility index (Phi) is 4.89. The van der Waals surface area contributed by atoms with E-state index >= 15 is 0 Å². The maximum Gasteiger partial charge on any atom is 0.287 e. The van der Waals surface area contributed by atoms with Crippen molar-refractivity contribution in [3.63, 3.8) is 0 Å². The molecule has 0 aliphatic heterocycles. The van der Waals surface area contributed by atoms with Crippen LogP contribution in [0.4, 0.5) is 5.69 Å². The van der Waals surface area contributed by atoms with E-state index < -0.39 is 0 Å². The number of nitrogens with zero attached hydrogens (tertiary/aromatic N) is 5. The summed E-state index contributed by atoms with van der Waals surface area (Å²) in [6.07, 6.45) is 7.40. The second-order valence-corrected chi connectivity index (χ2v) is 4.47. The lowest BCUT2D eigenvalue weighted by molar-refractivity contribution is 0.569. The van der Waals surface area contributed by atoms with Crippen molar-refractivity contribution in [2.75, 3.05) is 11.9 Å². The van der Waals surface area contributed by atoms with Gasteiger partial charge in [-0.2, -0.15) is 5.10 Å². The lowest BCUT2D eigenvalue weighted by Gasteiger charge is -2.09. The number of rotatable bonds is 7. The molecule has 2 aromatic rings. The number of hydrogen-bond donors (Lipinski definition) is 1. The molecule has 20 heavy (non-hydrogen) atoms. The average molecular weight is 295 g/mol. The molecule has 0 atom stereocenters. The van der Waals surface area contributed by atoms with E-state index in [2.05, 4.69) is 27.3 Å². The summed E-state index contributed by atoms with van der Waals surface area (Å²) < 4.78 is 3.00. The molecule has 7 nitrogen and oxygen atoms in total. The highest BCUT2D eigenvalue weighted by atomic mass is 35.5. The Morgan fingerprint density at radius 1 is 1.50 bits per heavy atom. The Morgan fingerprint density at radius 3 is 3.05 bits per heavy atom. The standard InChI is InChI=1S/C12H15ClN6O/c1-2-6-19-12(20)11(13)10(9-16-19)14-4-3-7-18-8-5-15-17-18/h2,5,8-9,14H,1,3-4,6-7H2. The highest BCUT2D eigenvalue weighted by Crippen LogP contribution is 2.14. The summed E-state index contributed by atoms with van der Waals surface area (Å²) in [6, 6.07) is 0. The van der Waals surface area contributed by atoms with Crippen LogP contribution < -0.4 is 10.9 Å². The van der Waals surface area contributed by atoms with E-state index in [1.165, 1.54) is 4.68 Å². The fraction of sp³-hybridized carbons (Fsp3) is 0.333. The highest BCUT2D eigenvalue weighted by molar-refractivity contribution is 6.32. The van der Waals surface area contributed by atoms with Crippen LogP contribution in [0.5, 0.6) is 0 Å². The van der Waals surface area contributed by atoms with Gasteiger partial charge in [0.15, 0.2) is 0 Å². The molecule has 2 aromatic heterocycles. The van der Waals surface area contributed by atoms with Crippen LogP contribution in [0.3, 0.4) is 0 Å². The number of aryl methyl sites for hydroxylation is 1. The van der Waals surface area contributed by atoms with Gasteiger partial charge in [-0.1, -0.05) is 22.9 Å². The number of allylic oxidation sites excluding steroid dienone is 1. The Hall–Kier alpha value is -2.15. The lowest BCUT2D eigenvalue weighted by Crippen LogP contribution is -2.24. The van der Waals surface area contributed by atoms with E-state index in [1.807, 2.05) is 0 Å². The van der Waals surface area contributed by atoms with Crippen molar-refractivity contribution in [3.05, 3.63) is 46.6 Å². The summed E-state index contributed by atoms with van der Waals surface area (Å²) in [5.74, 6) is 0. The van der Waals surface area contributed by atoms with Crippen molar-refractivity contribution < 1.29 is 0 Å². The molecule has 0 amide bonds. The fourth-order valence-corrected chi connectivity index (χ4v) is 1.87. The summed E-state index contributed by atoms with van der Waals surface area (Å²) in [6.45, 7) is 5.30. The van der Waals surface area contributed by atoms with E-state index in [4.69, 9.17) is 11.6 Å². The number of anilines is 1. The van der Waals surface area contributed by atoms with Crippen LogP contribution in [0.15, 0.2) is 36.0 Å². The first kappa shape index (κ1) is 14.3. The van der Waals surface area contributed by atoms with Crippen LogP contribution >= 0.6 is 11.6 Å². The van der Waals surface area contributed by atoms with Gasteiger partial charge in [-0.3, -0.25) is 9.48 Å². The largest absolute Gasteiger partial charge is 0.382 e. The van der Waals surface area contributed by atoms with Crippen molar-refractivity contribution in [1.29, 1.82) is 0 Å². The molecular weight excluding hydrogens is 280 g/mol. The number of nitrogens with one attached hydrogen (secondary N) is 1. The molecular formula is C12H15ClN6O. The Balaban J connectivity index is 1.91. The monoisotopic (exact) mass is 294 g/mol. The molecule has 0 spiro atoms. The van der Waals surface area contributed by atoms with Crippen molar-refractivity contribution in [3.8, 4) is 0 Å². The van der Waals surface area contributed by atoms with Gasteiger partial charge in [0.05, 0.1) is 24.6 Å². The summed E-state index contributed by atoms with van der Waals surface area (Å²) >= 11 is 6.01. The zero-order chi connectivity index (χ0) is 14.4. The first-order valence-electron chi connectivity index (χ1n) is 6.17. The van der Waals surface area contributed by atoms with Crippen LogP contribution in [0.25, 0.3) is 0 Å². The summed E-state index contributed by atoms with van der Waals surface area (Å²) in [4.78, 5) is 11.9. The summed E-state index contributed by atoms with van der Waals surface area (Å²) in [5.41, 5.74) is 0.211. The van der Waals surface area contributed by atoms with Crippen molar-refractivity contribution in [1.82, 2.24) is 24.8 Å². The minimum atomic E-state index is -0.326. The Morgan fingerprint density at radius 2 is 2.35 bits per heavy atom. The van der Waals surface area contributed by atoms with Gasteiger partial charge >= 0.3 is 0 Å². The molecule has 106 valence electrons. The molecule has 2 heterocycles. The molecule has 0 aliphatic carbocycles. The molecule has 2 rings (SSSR count). The van der Waals surface area contributed by atoms with E-state index in [0.29, 0.717) is 18.8 Å². The molecule has 8 heteroatoms. The van der Waals surface area contributed by atoms with Crippen LogP contribution in [0, 0.1) is 0 Å². The van der Waals surface area contributed by atoms with Crippen LogP contribution in [0.1, 0.15) is 6.42 Å². The van der Waals surface area contributed by atoms with E-state index in [9.17, 15) is 4.79 Å². The minimum Gasteiger partial charge on any atom is -0.382 e. The lowest BCUT2D eigenvalue weighted by atomic mass is 10.4. The molecule has 0 aromatic carbocycles. The summed E-state index contributed by atoms with van der Waals surface area (Å²) in [7, 11) is 0. The van der Waals surface area contributed by atoms with Gasteiger partial charge in [0.1, 0.15) is 5.02 Å². The molecule has 0 bridgehead atoms. The third-order valence-corrected chi connectivity index (χ3v) is 3.00. The van der Waals surface area contributed by atoms with Gasteiger partial charge in [-0.15, -0.1) is 11.7 Å². The first-order chi connectivity index (χ1) is 9.72. The van der Waals surface area contributed by atoms with Gasteiger partial charge in [-0.05, 0) is 6.42 Å². The minimum absolute atomic E-state index is 0.141. The van der Waals surface area contributed by atoms with E-state index in [1.54, 1.807) is 29.3 Å². The summed E-state index contributed by atoms with van der Waals surface area (Å²) in [5, 5.41) is 14.8. The zero-order valence-corrected chi connectivity index (χ0v) is 11.6. The molecule has 0 saturated carbocycles. The molecule has 1 N–H and O–H groups in total. The predicted molar refractivity (Wildman–Crippen MR) is 76.8 cm³/mol. The van der Waals surface area contributed by atoms with Gasteiger partial charge in [0.25, 0.3) is 5.56 Å². The predicted octanol–water partition coefficient (Wildman–Crippen LogP) is 1.18. The third kappa shape index (κ3) is 3.45. The molecule has 0 fully saturated rings. The topological polar surface area (TPSA) is 77.6 Å². The molecule has 0 aliphatic rings. The second-order valence-electron chi connectivity index (χ2n) is 4.09. The number of hydrogen-bond acceptors (Lipinski definition) is 5. The highest BCUT2D eigenvalue weighted by Gasteiger charge is 2.07. The van der Waals surface area contributed by atoms with E-state index in [0.717, 1.165) is 13.0 Å². The van der Waals surface area contributed by atoms with Gasteiger partial charge in [0, 0.05) is 19.3 Å². The van der Waals surface area contributed by atoms with Gasteiger partial charge < -0.3 is 5.32 Å².